The summed E-state index contributed by atoms with van der Waals surface area (Å²) in [5, 5.41) is 20.1. The van der Waals surface area contributed by atoms with Crippen molar-refractivity contribution in [2.75, 3.05) is 4.72 Å². The lowest BCUT2D eigenvalue weighted by Crippen LogP contribution is -2.16. The number of anilines is 1. The molecule has 0 saturated carbocycles. The topological polar surface area (TPSA) is 107 Å². The van der Waals surface area contributed by atoms with E-state index in [1.807, 2.05) is 0 Å². The first-order valence-corrected chi connectivity index (χ1v) is 7.22. The second kappa shape index (κ2) is 5.60. The number of carbonyl (C=O) groups is 1. The summed E-state index contributed by atoms with van der Waals surface area (Å²) in [5.41, 5.74) is -1.66. The Balaban J connectivity index is 2.48. The van der Waals surface area contributed by atoms with Crippen molar-refractivity contribution in [1.82, 2.24) is 0 Å². The Bertz CT molecular complexity index is 831. The zero-order chi connectivity index (χ0) is 16.5. The lowest BCUT2D eigenvalue weighted by molar-refractivity contribution is -0.268. The van der Waals surface area contributed by atoms with Gasteiger partial charge >= 0.3 is 5.97 Å². The molecule has 116 valence electrons. The monoisotopic (exact) mass is 328 g/mol. The van der Waals surface area contributed by atoms with Crippen LogP contribution in [0.3, 0.4) is 0 Å². The quantitative estimate of drug-likeness (QED) is 0.885. The van der Waals surface area contributed by atoms with Gasteiger partial charge in [0.2, 0.25) is 0 Å². The molecular weight excluding hydrogens is 320 g/mol. The van der Waals surface area contributed by atoms with Gasteiger partial charge in [-0.2, -0.15) is 0 Å². The molecule has 2 aromatic rings. The van der Waals surface area contributed by atoms with Crippen LogP contribution in [0.2, 0.25) is 0 Å². The molecule has 0 unspecified atom stereocenters. The van der Waals surface area contributed by atoms with Crippen molar-refractivity contribution in [2.45, 2.75) is 4.90 Å². The van der Waals surface area contributed by atoms with Gasteiger partial charge in [0.1, 0.15) is 17.3 Å². The third-order valence-corrected chi connectivity index (χ3v) is 4.04. The van der Waals surface area contributed by atoms with Crippen molar-refractivity contribution in [3.63, 3.8) is 0 Å². The average molecular weight is 328 g/mol. The van der Waals surface area contributed by atoms with Gasteiger partial charge in [-0.05, 0) is 24.3 Å². The Kier molecular flexibility index (Phi) is 4.00. The number of nitrogens with one attached hydrogen (secondary N) is 1. The number of benzene rings is 2. The van der Waals surface area contributed by atoms with Gasteiger partial charge in [0, 0.05) is 0 Å². The van der Waals surface area contributed by atoms with Crippen molar-refractivity contribution in [1.29, 1.82) is 0 Å². The van der Waals surface area contributed by atoms with Crippen molar-refractivity contribution in [3.05, 3.63) is 53.6 Å². The second-order valence-corrected chi connectivity index (χ2v) is 5.85. The molecule has 0 heterocycles. The highest BCUT2D eigenvalue weighted by Crippen LogP contribution is 2.24. The number of rotatable bonds is 4. The Morgan fingerprint density at radius 2 is 1.73 bits per heavy atom. The van der Waals surface area contributed by atoms with Crippen molar-refractivity contribution in [3.8, 4) is 5.75 Å². The molecule has 0 aliphatic rings. The van der Waals surface area contributed by atoms with Crippen LogP contribution in [0.4, 0.5) is 14.5 Å². The molecule has 0 saturated heterocycles. The van der Waals surface area contributed by atoms with Gasteiger partial charge in [0.25, 0.3) is 10.0 Å². The van der Waals surface area contributed by atoms with Crippen LogP contribution in [0.25, 0.3) is 0 Å². The highest BCUT2D eigenvalue weighted by Gasteiger charge is 2.20. The summed E-state index contributed by atoms with van der Waals surface area (Å²) in [7, 11) is -4.46. The molecular formula is C13H8F2NO5S-. The average Bonchev–Trinajstić information content (AvgIpc) is 2.43. The largest absolute Gasteiger partial charge is 0.872 e. The van der Waals surface area contributed by atoms with Crippen LogP contribution in [0.5, 0.6) is 5.75 Å². The van der Waals surface area contributed by atoms with Crippen molar-refractivity contribution < 1.29 is 32.2 Å². The van der Waals surface area contributed by atoms with E-state index in [2.05, 4.69) is 0 Å². The van der Waals surface area contributed by atoms with Crippen LogP contribution in [0, 0.1) is 11.6 Å². The van der Waals surface area contributed by atoms with Crippen LogP contribution in [-0.4, -0.2) is 19.5 Å². The summed E-state index contributed by atoms with van der Waals surface area (Å²) in [6, 6.07) is 4.96. The summed E-state index contributed by atoms with van der Waals surface area (Å²) in [4.78, 5) is 10.2. The third kappa shape index (κ3) is 2.98. The summed E-state index contributed by atoms with van der Waals surface area (Å²) in [6.45, 7) is 0. The first kappa shape index (κ1) is 15.7. The van der Waals surface area contributed by atoms with E-state index in [9.17, 15) is 27.1 Å². The Hall–Kier alpha value is -2.68. The zero-order valence-electron chi connectivity index (χ0n) is 10.7. The van der Waals surface area contributed by atoms with E-state index in [1.165, 1.54) is 0 Å². The molecule has 0 radical (unpaired) electrons. The normalized spacial score (nSPS) is 11.2. The third-order valence-electron chi connectivity index (χ3n) is 2.69. The minimum atomic E-state index is -4.46. The first-order valence-electron chi connectivity index (χ1n) is 5.73. The predicted octanol–water partition coefficient (Wildman–Crippen LogP) is 1.54. The standard InChI is InChI=1S/C13H9F2NO5S/c14-9-2-1-3-10(15)12(9)16-22(20,21)7-4-5-11(17)8(6-7)13(18)19/h1-6,16-17H,(H,18,19)/p-1. The molecule has 0 spiro atoms. The lowest BCUT2D eigenvalue weighted by Gasteiger charge is -2.13. The van der Waals surface area contributed by atoms with Gasteiger partial charge in [-0.25, -0.2) is 22.0 Å². The van der Waals surface area contributed by atoms with E-state index in [0.717, 1.165) is 30.3 Å². The number of carboxylic acid groups (broad SMARTS) is 1. The Morgan fingerprint density at radius 3 is 2.27 bits per heavy atom. The van der Waals surface area contributed by atoms with Crippen LogP contribution in [0.1, 0.15) is 10.4 Å². The number of carboxylic acids is 1. The maximum absolute atomic E-state index is 13.5. The van der Waals surface area contributed by atoms with E-state index in [0.29, 0.717) is 6.07 Å². The number of aromatic carboxylic acids is 1. The summed E-state index contributed by atoms with van der Waals surface area (Å²) >= 11 is 0. The van der Waals surface area contributed by atoms with E-state index in [4.69, 9.17) is 5.11 Å². The molecule has 6 nitrogen and oxygen atoms in total. The molecule has 0 aliphatic heterocycles. The second-order valence-electron chi connectivity index (χ2n) is 4.17. The van der Waals surface area contributed by atoms with E-state index in [-0.39, 0.29) is 0 Å². The molecule has 0 atom stereocenters. The van der Waals surface area contributed by atoms with Crippen LogP contribution in [0.15, 0.2) is 41.3 Å². The number of hydrogen-bond donors (Lipinski definition) is 2. The summed E-state index contributed by atoms with van der Waals surface area (Å²) < 4.78 is 52.7. The smallest absolute Gasteiger partial charge is 0.335 e. The van der Waals surface area contributed by atoms with Crippen molar-refractivity contribution in [2.24, 2.45) is 0 Å². The fourth-order valence-electron chi connectivity index (χ4n) is 1.63. The predicted molar refractivity (Wildman–Crippen MR) is 70.0 cm³/mol. The van der Waals surface area contributed by atoms with E-state index in [1.54, 1.807) is 4.72 Å². The van der Waals surface area contributed by atoms with Gasteiger partial charge in [-0.3, -0.25) is 4.72 Å². The highest BCUT2D eigenvalue weighted by atomic mass is 32.2. The number of sulfonamides is 1. The van der Waals surface area contributed by atoms with Gasteiger partial charge in [-0.1, -0.05) is 17.9 Å². The molecule has 0 bridgehead atoms. The summed E-state index contributed by atoms with van der Waals surface area (Å²) in [5.74, 6) is -4.77. The molecule has 0 aliphatic carbocycles. The van der Waals surface area contributed by atoms with Crippen molar-refractivity contribution >= 4 is 21.7 Å². The fourth-order valence-corrected chi connectivity index (χ4v) is 2.73. The van der Waals surface area contributed by atoms with Gasteiger partial charge in [-0.15, -0.1) is 0 Å². The molecule has 0 fully saturated rings. The maximum atomic E-state index is 13.5. The first-order chi connectivity index (χ1) is 10.2. The number of para-hydroxylation sites is 1. The van der Waals surface area contributed by atoms with E-state index < -0.39 is 49.5 Å². The molecule has 2 aromatic carbocycles. The molecule has 0 aromatic heterocycles. The number of halogens is 2. The minimum Gasteiger partial charge on any atom is -0.872 e. The zero-order valence-corrected chi connectivity index (χ0v) is 11.5. The van der Waals surface area contributed by atoms with Gasteiger partial charge < -0.3 is 10.2 Å². The molecule has 9 heteroatoms. The molecule has 2 N–H and O–H groups in total. The SMILES string of the molecule is O=C(O)c1cc(S(=O)(=O)Nc2c(F)cccc2F)ccc1[O-]. The van der Waals surface area contributed by atoms with Crippen LogP contribution < -0.4 is 9.83 Å². The maximum Gasteiger partial charge on any atom is 0.335 e. The van der Waals surface area contributed by atoms with Gasteiger partial charge in [0.05, 0.1) is 10.5 Å². The minimum absolute atomic E-state index is 0.604. The van der Waals surface area contributed by atoms with Gasteiger partial charge in [0.15, 0.2) is 0 Å². The lowest BCUT2D eigenvalue weighted by atomic mass is 10.2. The fraction of sp³-hybridized carbons (Fsp3) is 0. The van der Waals surface area contributed by atoms with Crippen LogP contribution in [-0.2, 0) is 10.0 Å². The molecule has 2 rings (SSSR count). The summed E-state index contributed by atoms with van der Waals surface area (Å²) in [6.07, 6.45) is 0. The van der Waals surface area contributed by atoms with Crippen LogP contribution >= 0.6 is 0 Å². The Morgan fingerprint density at radius 1 is 1.14 bits per heavy atom. The highest BCUT2D eigenvalue weighted by molar-refractivity contribution is 7.92. The molecule has 0 amide bonds. The Labute approximate surface area is 123 Å². The molecule has 22 heavy (non-hydrogen) atoms. The number of hydrogen-bond acceptors (Lipinski definition) is 4. The van der Waals surface area contributed by atoms with E-state index >= 15 is 0 Å².